The maximum absolute atomic E-state index is 12.7. The summed E-state index contributed by atoms with van der Waals surface area (Å²) >= 11 is 1.35. The van der Waals surface area contributed by atoms with Crippen LogP contribution in [0.5, 0.6) is 5.75 Å². The van der Waals surface area contributed by atoms with E-state index < -0.39 is 0 Å². The number of benzene rings is 2. The molecule has 1 aliphatic heterocycles. The summed E-state index contributed by atoms with van der Waals surface area (Å²) in [4.78, 5) is 22.7. The third-order valence-electron chi connectivity index (χ3n) is 5.59. The third-order valence-corrected chi connectivity index (χ3v) is 6.50. The lowest BCUT2D eigenvalue weighted by atomic mass is 10.1. The van der Waals surface area contributed by atoms with Gasteiger partial charge in [0.05, 0.1) is 18.2 Å². The Bertz CT molecular complexity index is 1020. The minimum Gasteiger partial charge on any atom is -0.497 e. The number of piperazine rings is 1. The van der Waals surface area contributed by atoms with Crippen LogP contribution < -0.4 is 15.0 Å². The van der Waals surface area contributed by atoms with Crippen LogP contribution in [0.25, 0.3) is 0 Å². The van der Waals surface area contributed by atoms with Gasteiger partial charge in [-0.2, -0.15) is 0 Å². The average Bonchev–Trinajstić information content (AvgIpc) is 3.27. The fourth-order valence-corrected chi connectivity index (χ4v) is 4.52. The first-order chi connectivity index (χ1) is 15.0. The van der Waals surface area contributed by atoms with Crippen molar-refractivity contribution in [3.05, 3.63) is 65.2 Å². The number of ketones is 1. The lowest BCUT2D eigenvalue weighted by Gasteiger charge is -2.38. The van der Waals surface area contributed by atoms with Crippen LogP contribution in [0.15, 0.2) is 54.7 Å². The molecule has 4 rings (SSSR count). The van der Waals surface area contributed by atoms with Crippen LogP contribution in [0.2, 0.25) is 0 Å². The smallest absolute Gasteiger partial charge is 0.204 e. The van der Waals surface area contributed by atoms with Gasteiger partial charge in [-0.1, -0.05) is 30.9 Å². The van der Waals surface area contributed by atoms with E-state index in [1.807, 2.05) is 12.1 Å². The van der Waals surface area contributed by atoms with Crippen LogP contribution in [0.4, 0.5) is 16.5 Å². The second-order valence-corrected chi connectivity index (χ2v) is 8.91. The number of carbonyl (C=O) groups excluding carboxylic acids is 1. The molecule has 2 heterocycles. The molecule has 0 aliphatic carbocycles. The lowest BCUT2D eigenvalue weighted by molar-refractivity contribution is 0.104. The Morgan fingerprint density at radius 1 is 1.09 bits per heavy atom. The van der Waals surface area contributed by atoms with Gasteiger partial charge >= 0.3 is 0 Å². The topological polar surface area (TPSA) is 57.7 Å². The van der Waals surface area contributed by atoms with Crippen molar-refractivity contribution in [1.82, 2.24) is 9.88 Å². The summed E-state index contributed by atoms with van der Waals surface area (Å²) in [6, 6.07) is 16.2. The SMILES string of the molecule is C.COc1cccc(C(=O)c2cnc(Nc3ccc(N4CCN(C(C)C)CC4)cc3)s2)c1. The first-order valence-electron chi connectivity index (χ1n) is 10.5. The highest BCUT2D eigenvalue weighted by Gasteiger charge is 2.19. The van der Waals surface area contributed by atoms with Crippen LogP contribution in [0, 0.1) is 0 Å². The molecule has 2 aromatic carbocycles. The van der Waals surface area contributed by atoms with Gasteiger partial charge in [0.1, 0.15) is 5.75 Å². The molecule has 7 heteroatoms. The van der Waals surface area contributed by atoms with Crippen LogP contribution in [-0.4, -0.2) is 55.0 Å². The number of anilines is 3. The summed E-state index contributed by atoms with van der Waals surface area (Å²) in [6.07, 6.45) is 1.62. The number of nitrogens with zero attached hydrogens (tertiary/aromatic N) is 3. The summed E-state index contributed by atoms with van der Waals surface area (Å²) < 4.78 is 5.21. The number of rotatable bonds is 7. The second kappa shape index (κ2) is 10.6. The van der Waals surface area contributed by atoms with E-state index in [1.165, 1.54) is 17.0 Å². The van der Waals surface area contributed by atoms with Crippen molar-refractivity contribution < 1.29 is 9.53 Å². The molecule has 32 heavy (non-hydrogen) atoms. The fraction of sp³-hybridized carbons (Fsp3) is 0.360. The molecule has 0 bridgehead atoms. The number of ether oxygens (including phenoxy) is 1. The van der Waals surface area contributed by atoms with E-state index in [9.17, 15) is 4.79 Å². The molecular formula is C25H32N4O2S. The summed E-state index contributed by atoms with van der Waals surface area (Å²) in [5, 5.41) is 4.01. The number of thiazole rings is 1. The van der Waals surface area contributed by atoms with E-state index in [-0.39, 0.29) is 13.2 Å². The second-order valence-electron chi connectivity index (χ2n) is 7.88. The van der Waals surface area contributed by atoms with Crippen molar-refractivity contribution in [3.63, 3.8) is 0 Å². The minimum absolute atomic E-state index is 0. The zero-order valence-electron chi connectivity index (χ0n) is 18.2. The number of hydrogen-bond donors (Lipinski definition) is 1. The Morgan fingerprint density at radius 3 is 2.47 bits per heavy atom. The Kier molecular flexibility index (Phi) is 7.88. The number of carbonyl (C=O) groups is 1. The van der Waals surface area contributed by atoms with Crippen molar-refractivity contribution in [3.8, 4) is 5.75 Å². The Labute approximate surface area is 194 Å². The molecule has 0 saturated carbocycles. The van der Waals surface area contributed by atoms with Crippen molar-refractivity contribution in [1.29, 1.82) is 0 Å². The molecule has 1 fully saturated rings. The fourth-order valence-electron chi connectivity index (χ4n) is 3.72. The van der Waals surface area contributed by atoms with Crippen molar-refractivity contribution in [2.75, 3.05) is 43.5 Å². The van der Waals surface area contributed by atoms with E-state index in [2.05, 4.69) is 58.2 Å². The third kappa shape index (κ3) is 5.47. The molecule has 0 amide bonds. The normalized spacial score (nSPS) is 14.2. The molecule has 6 nitrogen and oxygen atoms in total. The van der Waals surface area contributed by atoms with Gasteiger partial charge in [0.15, 0.2) is 5.13 Å². The molecule has 1 aromatic heterocycles. The molecule has 3 aromatic rings. The maximum atomic E-state index is 12.7. The van der Waals surface area contributed by atoms with Gasteiger partial charge in [0.2, 0.25) is 5.78 Å². The molecule has 0 radical (unpaired) electrons. The molecular weight excluding hydrogens is 420 g/mol. The van der Waals surface area contributed by atoms with Gasteiger partial charge in [-0.15, -0.1) is 0 Å². The first-order valence-corrected chi connectivity index (χ1v) is 11.4. The molecule has 0 atom stereocenters. The highest BCUT2D eigenvalue weighted by atomic mass is 32.1. The van der Waals surface area contributed by atoms with Gasteiger partial charge < -0.3 is 15.0 Å². The monoisotopic (exact) mass is 452 g/mol. The molecule has 170 valence electrons. The highest BCUT2D eigenvalue weighted by molar-refractivity contribution is 7.17. The predicted molar refractivity (Wildman–Crippen MR) is 134 cm³/mol. The number of hydrogen-bond acceptors (Lipinski definition) is 7. The largest absolute Gasteiger partial charge is 0.497 e. The van der Waals surface area contributed by atoms with E-state index in [0.29, 0.717) is 27.4 Å². The van der Waals surface area contributed by atoms with E-state index in [1.54, 1.807) is 25.4 Å². The quantitative estimate of drug-likeness (QED) is 0.492. The Balaban J connectivity index is 0.00000289. The van der Waals surface area contributed by atoms with Crippen molar-refractivity contribution in [2.45, 2.75) is 27.3 Å². The van der Waals surface area contributed by atoms with Gasteiger partial charge in [-0.05, 0) is 50.2 Å². The molecule has 0 unspecified atom stereocenters. The van der Waals surface area contributed by atoms with Crippen LogP contribution in [0.3, 0.4) is 0 Å². The van der Waals surface area contributed by atoms with Gasteiger partial charge in [-0.25, -0.2) is 4.98 Å². The summed E-state index contributed by atoms with van der Waals surface area (Å²) in [5.74, 6) is 0.611. The van der Waals surface area contributed by atoms with Gasteiger partial charge in [0.25, 0.3) is 0 Å². The van der Waals surface area contributed by atoms with Crippen molar-refractivity contribution in [2.24, 2.45) is 0 Å². The number of methoxy groups -OCH3 is 1. The summed E-state index contributed by atoms with van der Waals surface area (Å²) in [7, 11) is 1.59. The predicted octanol–water partition coefficient (Wildman–Crippen LogP) is 5.29. The molecule has 1 aliphatic rings. The maximum Gasteiger partial charge on any atom is 0.204 e. The standard InChI is InChI=1S/C24H28N4O2S.CH4/c1-17(2)27-11-13-28(14-12-27)20-9-7-19(8-10-20)26-24-25-16-22(31-24)23(29)18-5-4-6-21(15-18)30-3;/h4-10,15-17H,11-14H2,1-3H3,(H,25,26);1H4. The van der Waals surface area contributed by atoms with E-state index >= 15 is 0 Å². The number of nitrogens with one attached hydrogen (secondary N) is 1. The van der Waals surface area contributed by atoms with Gasteiger partial charge in [-0.3, -0.25) is 9.69 Å². The minimum atomic E-state index is -0.0552. The van der Waals surface area contributed by atoms with E-state index in [4.69, 9.17) is 4.74 Å². The van der Waals surface area contributed by atoms with Gasteiger partial charge in [0, 0.05) is 49.2 Å². The Morgan fingerprint density at radius 2 is 1.81 bits per heavy atom. The summed E-state index contributed by atoms with van der Waals surface area (Å²) in [6.45, 7) is 8.80. The van der Waals surface area contributed by atoms with Crippen LogP contribution in [-0.2, 0) is 0 Å². The zero-order chi connectivity index (χ0) is 21.8. The first kappa shape index (κ1) is 23.8. The molecule has 1 saturated heterocycles. The zero-order valence-corrected chi connectivity index (χ0v) is 19.0. The van der Waals surface area contributed by atoms with Crippen LogP contribution >= 0.6 is 11.3 Å². The highest BCUT2D eigenvalue weighted by Crippen LogP contribution is 2.27. The van der Waals surface area contributed by atoms with E-state index in [0.717, 1.165) is 31.9 Å². The number of aromatic nitrogens is 1. The average molecular weight is 453 g/mol. The van der Waals surface area contributed by atoms with Crippen LogP contribution in [0.1, 0.15) is 36.5 Å². The molecule has 0 spiro atoms. The molecule has 1 N–H and O–H groups in total. The lowest BCUT2D eigenvalue weighted by Crippen LogP contribution is -2.48. The Hall–Kier alpha value is -2.90. The van der Waals surface area contributed by atoms with Crippen molar-refractivity contribution >= 4 is 33.6 Å². The summed E-state index contributed by atoms with van der Waals surface area (Å²) in [5.41, 5.74) is 2.79.